The van der Waals surface area contributed by atoms with Crippen LogP contribution in [0.25, 0.3) is 0 Å². The van der Waals surface area contributed by atoms with Gasteiger partial charge in [-0.1, -0.05) is 0 Å². The lowest BCUT2D eigenvalue weighted by Gasteiger charge is -2.17. The highest BCUT2D eigenvalue weighted by Crippen LogP contribution is 2.29. The van der Waals surface area contributed by atoms with E-state index in [-0.39, 0.29) is 12.2 Å². The second-order valence-electron chi connectivity index (χ2n) is 4.18. The van der Waals surface area contributed by atoms with Gasteiger partial charge in [-0.2, -0.15) is 0 Å². The first kappa shape index (κ1) is 11.9. The molecule has 83 valence electrons. The van der Waals surface area contributed by atoms with Crippen molar-refractivity contribution in [3.05, 3.63) is 23.8 Å². The molecule has 0 saturated carbocycles. The van der Waals surface area contributed by atoms with Crippen LogP contribution in [0.1, 0.15) is 33.3 Å². The van der Waals surface area contributed by atoms with Gasteiger partial charge in [-0.3, -0.25) is 0 Å². The normalized spacial score (nSPS) is 10.9. The molecule has 0 amide bonds. The van der Waals surface area contributed by atoms with Gasteiger partial charge >= 0.3 is 0 Å². The van der Waals surface area contributed by atoms with Crippen LogP contribution in [0.3, 0.4) is 0 Å². The Bertz CT molecular complexity index is 316. The summed E-state index contributed by atoms with van der Waals surface area (Å²) in [6, 6.07) is 6.91. The molecule has 0 N–H and O–H groups in total. The highest BCUT2D eigenvalue weighted by atomic mass is 16.5. The van der Waals surface area contributed by atoms with Crippen LogP contribution >= 0.6 is 0 Å². The lowest BCUT2D eigenvalue weighted by Crippen LogP contribution is -2.10. The maximum Gasteiger partial charge on any atom is 0.162 e. The van der Waals surface area contributed by atoms with Crippen LogP contribution in [-0.2, 0) is 0 Å². The summed E-state index contributed by atoms with van der Waals surface area (Å²) in [7, 11) is 0. The minimum atomic E-state index is 0.149. The molecule has 2 nitrogen and oxygen atoms in total. The van der Waals surface area contributed by atoms with Crippen molar-refractivity contribution < 1.29 is 9.47 Å². The van der Waals surface area contributed by atoms with Crippen LogP contribution < -0.4 is 9.47 Å². The summed E-state index contributed by atoms with van der Waals surface area (Å²) >= 11 is 0. The van der Waals surface area contributed by atoms with Crippen LogP contribution in [-0.4, -0.2) is 12.2 Å². The molecule has 2 heteroatoms. The fourth-order valence-corrected chi connectivity index (χ4v) is 1.25. The lowest BCUT2D eigenvalue weighted by molar-refractivity contribution is 0.198. The number of rotatable bonds is 4. The molecule has 0 unspecified atom stereocenters. The SMILES string of the molecule is Cc1[c]cc(OC(C)C)c(OC(C)C)c1. The Hall–Kier alpha value is -1.18. The minimum Gasteiger partial charge on any atom is -0.487 e. The maximum atomic E-state index is 5.68. The van der Waals surface area contributed by atoms with E-state index in [1.54, 1.807) is 0 Å². The van der Waals surface area contributed by atoms with Crippen molar-refractivity contribution in [2.45, 2.75) is 46.8 Å². The van der Waals surface area contributed by atoms with Crippen molar-refractivity contribution >= 4 is 0 Å². The fraction of sp³-hybridized carbons (Fsp3) is 0.538. The molecule has 0 atom stereocenters. The Morgan fingerprint density at radius 2 is 1.53 bits per heavy atom. The van der Waals surface area contributed by atoms with Crippen molar-refractivity contribution in [3.8, 4) is 11.5 Å². The molecule has 0 aliphatic rings. The van der Waals surface area contributed by atoms with Gasteiger partial charge in [-0.25, -0.2) is 0 Å². The van der Waals surface area contributed by atoms with E-state index in [4.69, 9.17) is 9.47 Å². The smallest absolute Gasteiger partial charge is 0.162 e. The number of benzene rings is 1. The van der Waals surface area contributed by atoms with E-state index in [1.165, 1.54) is 0 Å². The third-order valence-corrected chi connectivity index (χ3v) is 1.75. The zero-order chi connectivity index (χ0) is 11.4. The van der Waals surface area contributed by atoms with Crippen molar-refractivity contribution in [1.29, 1.82) is 0 Å². The number of hydrogen-bond donors (Lipinski definition) is 0. The van der Waals surface area contributed by atoms with E-state index < -0.39 is 0 Å². The Labute approximate surface area is 92.2 Å². The quantitative estimate of drug-likeness (QED) is 0.753. The van der Waals surface area contributed by atoms with E-state index in [9.17, 15) is 0 Å². The van der Waals surface area contributed by atoms with E-state index in [2.05, 4.69) is 6.07 Å². The second kappa shape index (κ2) is 5.06. The van der Waals surface area contributed by atoms with Gasteiger partial charge in [-0.15, -0.1) is 0 Å². The van der Waals surface area contributed by atoms with Gasteiger partial charge in [0.15, 0.2) is 11.5 Å². The van der Waals surface area contributed by atoms with Gasteiger partial charge in [0.25, 0.3) is 0 Å². The average Bonchev–Trinajstić information content (AvgIpc) is 2.08. The molecule has 0 bridgehead atoms. The summed E-state index contributed by atoms with van der Waals surface area (Å²) in [6.07, 6.45) is 0.303. The lowest BCUT2D eigenvalue weighted by atomic mass is 10.2. The van der Waals surface area contributed by atoms with Crippen molar-refractivity contribution in [3.63, 3.8) is 0 Å². The highest BCUT2D eigenvalue weighted by molar-refractivity contribution is 5.42. The van der Waals surface area contributed by atoms with Crippen molar-refractivity contribution in [1.82, 2.24) is 0 Å². The summed E-state index contributed by atoms with van der Waals surface area (Å²) in [5.74, 6) is 1.57. The number of ether oxygens (including phenoxy) is 2. The molecule has 0 saturated heterocycles. The summed E-state index contributed by atoms with van der Waals surface area (Å²) in [5, 5.41) is 0. The van der Waals surface area contributed by atoms with Crippen molar-refractivity contribution in [2.24, 2.45) is 0 Å². The molecule has 15 heavy (non-hydrogen) atoms. The predicted molar refractivity (Wildman–Crippen MR) is 61.5 cm³/mol. The van der Waals surface area contributed by atoms with Crippen LogP contribution in [0.15, 0.2) is 12.1 Å². The largest absolute Gasteiger partial charge is 0.487 e. The van der Waals surface area contributed by atoms with Crippen LogP contribution in [0.4, 0.5) is 0 Å². The van der Waals surface area contributed by atoms with Crippen molar-refractivity contribution in [2.75, 3.05) is 0 Å². The van der Waals surface area contributed by atoms with Gasteiger partial charge < -0.3 is 9.47 Å². The number of aryl methyl sites for hydroxylation is 1. The van der Waals surface area contributed by atoms with Gasteiger partial charge in [0.2, 0.25) is 0 Å². The third-order valence-electron chi connectivity index (χ3n) is 1.75. The molecule has 0 aromatic heterocycles. The summed E-state index contributed by atoms with van der Waals surface area (Å²) in [6.45, 7) is 10.0. The molecule has 0 fully saturated rings. The zero-order valence-electron chi connectivity index (χ0n) is 10.1. The van der Waals surface area contributed by atoms with Crippen LogP contribution in [0.5, 0.6) is 11.5 Å². The molecule has 1 rings (SSSR count). The Morgan fingerprint density at radius 1 is 1.00 bits per heavy atom. The Kier molecular flexibility index (Phi) is 4.01. The standard InChI is InChI=1S/C13H19O2/c1-9(2)14-12-7-6-11(5)8-13(12)15-10(3)4/h7-10H,1-5H3. The topological polar surface area (TPSA) is 18.5 Å². The van der Waals surface area contributed by atoms with Crippen LogP contribution in [0, 0.1) is 13.0 Å². The molecular formula is C13H19O2. The third kappa shape index (κ3) is 3.82. The molecule has 0 spiro atoms. The van der Waals surface area contributed by atoms with Gasteiger partial charge in [0.05, 0.1) is 12.2 Å². The average molecular weight is 207 g/mol. The predicted octanol–water partition coefficient (Wildman–Crippen LogP) is 3.37. The van der Waals surface area contributed by atoms with E-state index in [0.29, 0.717) is 0 Å². The summed E-state index contributed by atoms with van der Waals surface area (Å²) in [5.41, 5.74) is 1.06. The summed E-state index contributed by atoms with van der Waals surface area (Å²) < 4.78 is 11.3. The van der Waals surface area contributed by atoms with Gasteiger partial charge in [0, 0.05) is 0 Å². The molecular weight excluding hydrogens is 188 g/mol. The first-order chi connectivity index (χ1) is 6.99. The minimum absolute atomic E-state index is 0.149. The monoisotopic (exact) mass is 207 g/mol. The second-order valence-corrected chi connectivity index (χ2v) is 4.18. The molecule has 1 aromatic carbocycles. The molecule has 0 heterocycles. The maximum absolute atomic E-state index is 5.68. The Balaban J connectivity index is 2.92. The van der Waals surface area contributed by atoms with Gasteiger partial charge in [-0.05, 0) is 58.4 Å². The first-order valence-corrected chi connectivity index (χ1v) is 5.34. The molecule has 0 aliphatic carbocycles. The van der Waals surface area contributed by atoms with Crippen LogP contribution in [0.2, 0.25) is 0 Å². The molecule has 0 aliphatic heterocycles. The Morgan fingerprint density at radius 3 is 2.07 bits per heavy atom. The highest BCUT2D eigenvalue weighted by Gasteiger charge is 2.08. The van der Waals surface area contributed by atoms with E-state index in [0.717, 1.165) is 17.1 Å². The fourth-order valence-electron chi connectivity index (χ4n) is 1.25. The van der Waals surface area contributed by atoms with E-state index >= 15 is 0 Å². The molecule has 1 aromatic rings. The number of hydrogen-bond acceptors (Lipinski definition) is 2. The molecule has 1 radical (unpaired) electrons. The zero-order valence-corrected chi connectivity index (χ0v) is 10.1. The van der Waals surface area contributed by atoms with E-state index in [1.807, 2.05) is 46.8 Å². The first-order valence-electron chi connectivity index (χ1n) is 5.34. The van der Waals surface area contributed by atoms with Gasteiger partial charge in [0.1, 0.15) is 0 Å². The summed E-state index contributed by atoms with van der Waals surface area (Å²) in [4.78, 5) is 0.